The zero-order valence-electron chi connectivity index (χ0n) is 16.1. The first-order chi connectivity index (χ1) is 12.7. The standard InChI is InChI=1S/C21H26O6/c1-5-7-15(23)18-19(25)12(9-8-11(3)4)21-17(20(18)26)13(14(22)6-2)10-16(24)27-21/h8,10,14,22,25-26H,5-7,9H2,1-4H3/t14-/m0/s1. The summed E-state index contributed by atoms with van der Waals surface area (Å²) < 4.78 is 5.29. The van der Waals surface area contributed by atoms with Crippen LogP contribution in [0.1, 0.15) is 74.5 Å². The highest BCUT2D eigenvalue weighted by atomic mass is 16.4. The number of aliphatic hydroxyl groups is 1. The van der Waals surface area contributed by atoms with Crippen LogP contribution >= 0.6 is 0 Å². The van der Waals surface area contributed by atoms with Crippen molar-refractivity contribution < 1.29 is 24.5 Å². The minimum atomic E-state index is -1.02. The molecule has 0 spiro atoms. The Morgan fingerprint density at radius 1 is 1.22 bits per heavy atom. The van der Waals surface area contributed by atoms with E-state index in [1.54, 1.807) is 6.92 Å². The first kappa shape index (κ1) is 20.7. The molecule has 0 aliphatic heterocycles. The van der Waals surface area contributed by atoms with Crippen LogP contribution < -0.4 is 5.63 Å². The van der Waals surface area contributed by atoms with E-state index in [1.165, 1.54) is 0 Å². The normalized spacial score (nSPS) is 12.2. The molecule has 0 fully saturated rings. The average Bonchev–Trinajstić information content (AvgIpc) is 2.60. The molecular weight excluding hydrogens is 348 g/mol. The van der Waals surface area contributed by atoms with E-state index in [2.05, 4.69) is 0 Å². The van der Waals surface area contributed by atoms with Crippen molar-refractivity contribution in [1.82, 2.24) is 0 Å². The average molecular weight is 374 g/mol. The van der Waals surface area contributed by atoms with Crippen molar-refractivity contribution in [3.05, 3.63) is 44.8 Å². The van der Waals surface area contributed by atoms with Crippen molar-refractivity contribution in [3.63, 3.8) is 0 Å². The van der Waals surface area contributed by atoms with E-state index in [0.29, 0.717) is 12.8 Å². The van der Waals surface area contributed by atoms with Crippen LogP contribution in [0.4, 0.5) is 0 Å². The van der Waals surface area contributed by atoms with Crippen LogP contribution in [-0.2, 0) is 6.42 Å². The van der Waals surface area contributed by atoms with Crippen molar-refractivity contribution in [2.45, 2.75) is 59.5 Å². The molecule has 1 aromatic carbocycles. The molecule has 3 N–H and O–H groups in total. The summed E-state index contributed by atoms with van der Waals surface area (Å²) in [6.45, 7) is 7.31. The summed E-state index contributed by atoms with van der Waals surface area (Å²) in [5.74, 6) is -1.26. The van der Waals surface area contributed by atoms with Crippen LogP contribution in [0.25, 0.3) is 11.0 Å². The fourth-order valence-corrected chi connectivity index (χ4v) is 3.06. The van der Waals surface area contributed by atoms with E-state index >= 15 is 0 Å². The number of hydrogen-bond donors (Lipinski definition) is 3. The van der Waals surface area contributed by atoms with E-state index in [-0.39, 0.29) is 46.3 Å². The highest BCUT2D eigenvalue weighted by Crippen LogP contribution is 2.43. The largest absolute Gasteiger partial charge is 0.507 e. The molecule has 2 aromatic rings. The summed E-state index contributed by atoms with van der Waals surface area (Å²) in [6, 6.07) is 1.12. The molecule has 2 rings (SSSR count). The number of ketones is 1. The van der Waals surface area contributed by atoms with Crippen LogP contribution in [0.3, 0.4) is 0 Å². The molecular formula is C21H26O6. The van der Waals surface area contributed by atoms with Crippen LogP contribution in [0.15, 0.2) is 26.9 Å². The van der Waals surface area contributed by atoms with Gasteiger partial charge >= 0.3 is 5.63 Å². The van der Waals surface area contributed by atoms with Crippen LogP contribution in [0.5, 0.6) is 11.5 Å². The lowest BCUT2D eigenvalue weighted by Crippen LogP contribution is -2.09. The topological polar surface area (TPSA) is 108 Å². The Bertz CT molecular complexity index is 948. The molecule has 0 amide bonds. The molecule has 0 aliphatic carbocycles. The molecule has 146 valence electrons. The second-order valence-electron chi connectivity index (χ2n) is 6.86. The van der Waals surface area contributed by atoms with E-state index in [4.69, 9.17) is 4.42 Å². The molecule has 6 nitrogen and oxygen atoms in total. The van der Waals surface area contributed by atoms with Gasteiger partial charge in [-0.3, -0.25) is 4.79 Å². The van der Waals surface area contributed by atoms with E-state index in [1.807, 2.05) is 26.8 Å². The Labute approximate surface area is 157 Å². The molecule has 0 radical (unpaired) electrons. The summed E-state index contributed by atoms with van der Waals surface area (Å²) in [4.78, 5) is 24.6. The molecule has 1 aromatic heterocycles. The molecule has 0 bridgehead atoms. The van der Waals surface area contributed by atoms with Crippen LogP contribution in [0.2, 0.25) is 0 Å². The van der Waals surface area contributed by atoms with Gasteiger partial charge in [0.15, 0.2) is 5.78 Å². The van der Waals surface area contributed by atoms with Gasteiger partial charge in [-0.15, -0.1) is 0 Å². The maximum Gasteiger partial charge on any atom is 0.336 e. The van der Waals surface area contributed by atoms with Crippen molar-refractivity contribution in [1.29, 1.82) is 0 Å². The number of hydrogen-bond acceptors (Lipinski definition) is 6. The molecule has 1 atom stereocenters. The Balaban J connectivity index is 3.00. The highest BCUT2D eigenvalue weighted by Gasteiger charge is 2.27. The van der Waals surface area contributed by atoms with Gasteiger partial charge in [0, 0.05) is 23.6 Å². The Morgan fingerprint density at radius 2 is 1.89 bits per heavy atom. The van der Waals surface area contributed by atoms with E-state index in [9.17, 15) is 24.9 Å². The zero-order chi connectivity index (χ0) is 20.3. The third-order valence-corrected chi connectivity index (χ3v) is 4.48. The minimum Gasteiger partial charge on any atom is -0.507 e. The number of carbonyl (C=O) groups excluding carboxylic acids is 1. The summed E-state index contributed by atoms with van der Waals surface area (Å²) in [7, 11) is 0. The number of carbonyl (C=O) groups is 1. The molecule has 1 heterocycles. The SMILES string of the molecule is CCCC(=O)c1c(O)c(CC=C(C)C)c2oc(=O)cc([C@@H](O)CC)c2c1O. The fourth-order valence-electron chi connectivity index (χ4n) is 3.06. The predicted molar refractivity (Wildman–Crippen MR) is 103 cm³/mol. The molecule has 0 saturated carbocycles. The van der Waals surface area contributed by atoms with Gasteiger partial charge in [-0.05, 0) is 33.1 Å². The third kappa shape index (κ3) is 4.06. The lowest BCUT2D eigenvalue weighted by Gasteiger charge is -2.17. The summed E-state index contributed by atoms with van der Waals surface area (Å²) in [5.41, 5.74) is 0.500. The number of fused-ring (bicyclic) bond motifs is 1. The number of phenols is 2. The number of aliphatic hydroxyl groups excluding tert-OH is 1. The lowest BCUT2D eigenvalue weighted by atomic mass is 9.92. The van der Waals surface area contributed by atoms with E-state index < -0.39 is 23.3 Å². The van der Waals surface area contributed by atoms with Gasteiger partial charge in [0.1, 0.15) is 22.6 Å². The molecule has 6 heteroatoms. The number of aromatic hydroxyl groups is 2. The van der Waals surface area contributed by atoms with Crippen molar-refractivity contribution in [3.8, 4) is 11.5 Å². The van der Waals surface area contributed by atoms with Gasteiger partial charge in [-0.1, -0.05) is 25.5 Å². The molecule has 27 heavy (non-hydrogen) atoms. The van der Waals surface area contributed by atoms with Crippen molar-refractivity contribution in [2.24, 2.45) is 0 Å². The van der Waals surface area contributed by atoms with Gasteiger partial charge in [-0.25, -0.2) is 4.79 Å². The smallest absolute Gasteiger partial charge is 0.336 e. The Kier molecular flexibility index (Phi) is 6.44. The lowest BCUT2D eigenvalue weighted by molar-refractivity contribution is 0.0976. The van der Waals surface area contributed by atoms with Crippen LogP contribution in [0, 0.1) is 0 Å². The maximum absolute atomic E-state index is 12.5. The fraction of sp³-hybridized carbons (Fsp3) is 0.429. The molecule has 0 saturated heterocycles. The summed E-state index contributed by atoms with van der Waals surface area (Å²) in [5, 5.41) is 31.9. The predicted octanol–water partition coefficient (Wildman–Crippen LogP) is 4.14. The van der Waals surface area contributed by atoms with Gasteiger partial charge in [-0.2, -0.15) is 0 Å². The maximum atomic E-state index is 12.5. The number of benzene rings is 1. The molecule has 0 aliphatic rings. The Morgan fingerprint density at radius 3 is 2.44 bits per heavy atom. The first-order valence-electron chi connectivity index (χ1n) is 9.11. The zero-order valence-corrected chi connectivity index (χ0v) is 16.1. The minimum absolute atomic E-state index is 0.00875. The second-order valence-corrected chi connectivity index (χ2v) is 6.86. The molecule has 0 unspecified atom stereocenters. The van der Waals surface area contributed by atoms with E-state index in [0.717, 1.165) is 11.6 Å². The second kappa shape index (κ2) is 8.39. The van der Waals surface area contributed by atoms with Crippen molar-refractivity contribution in [2.75, 3.05) is 0 Å². The number of phenolic OH excluding ortho intramolecular Hbond substituents is 2. The first-order valence-corrected chi connectivity index (χ1v) is 9.11. The third-order valence-electron chi connectivity index (χ3n) is 4.48. The Hall–Kier alpha value is -2.60. The highest BCUT2D eigenvalue weighted by molar-refractivity contribution is 6.08. The summed E-state index contributed by atoms with van der Waals surface area (Å²) >= 11 is 0. The van der Waals surface area contributed by atoms with Gasteiger partial charge in [0.25, 0.3) is 0 Å². The van der Waals surface area contributed by atoms with Gasteiger partial charge in [0.2, 0.25) is 0 Å². The summed E-state index contributed by atoms with van der Waals surface area (Å²) in [6.07, 6.45) is 2.02. The number of allylic oxidation sites excluding steroid dienone is 2. The van der Waals surface area contributed by atoms with Gasteiger partial charge < -0.3 is 19.7 Å². The monoisotopic (exact) mass is 374 g/mol. The van der Waals surface area contributed by atoms with Gasteiger partial charge in [0.05, 0.1) is 11.5 Å². The number of Topliss-reactive ketones (excluding diaryl/α,β-unsaturated/α-hetero) is 1. The van der Waals surface area contributed by atoms with Crippen molar-refractivity contribution >= 4 is 16.8 Å². The quantitative estimate of drug-likeness (QED) is 0.382. The number of rotatable bonds is 7. The van der Waals surface area contributed by atoms with Crippen LogP contribution in [-0.4, -0.2) is 21.1 Å².